The van der Waals surface area contributed by atoms with E-state index in [0.717, 1.165) is 6.42 Å². The third-order valence-corrected chi connectivity index (χ3v) is 2.79. The highest BCUT2D eigenvalue weighted by atomic mass is 16.5. The van der Waals surface area contributed by atoms with Gasteiger partial charge in [-0.1, -0.05) is 13.8 Å². The number of methoxy groups -OCH3 is 1. The number of rotatable bonds is 1. The topological polar surface area (TPSA) is 26.3 Å². The SMILES string of the molecule is COC1C(=O)CCC(C)C1C. The molecule has 0 aromatic rings. The Morgan fingerprint density at radius 3 is 2.55 bits per heavy atom. The molecule has 1 aliphatic carbocycles. The first-order chi connectivity index (χ1) is 5.16. The first-order valence-corrected chi connectivity index (χ1v) is 4.22. The van der Waals surface area contributed by atoms with E-state index in [1.807, 2.05) is 0 Å². The molecule has 0 saturated heterocycles. The fourth-order valence-electron chi connectivity index (χ4n) is 1.71. The molecule has 0 radical (unpaired) electrons. The van der Waals surface area contributed by atoms with E-state index >= 15 is 0 Å². The van der Waals surface area contributed by atoms with E-state index in [0.29, 0.717) is 18.3 Å². The summed E-state index contributed by atoms with van der Waals surface area (Å²) < 4.78 is 5.14. The van der Waals surface area contributed by atoms with Crippen molar-refractivity contribution in [3.05, 3.63) is 0 Å². The lowest BCUT2D eigenvalue weighted by molar-refractivity contribution is -0.136. The van der Waals surface area contributed by atoms with E-state index in [1.54, 1.807) is 7.11 Å². The van der Waals surface area contributed by atoms with Crippen LogP contribution in [0.25, 0.3) is 0 Å². The number of Topliss-reactive ketones (excluding diaryl/α,β-unsaturated/α-hetero) is 1. The third kappa shape index (κ3) is 1.62. The third-order valence-electron chi connectivity index (χ3n) is 2.79. The van der Waals surface area contributed by atoms with Crippen LogP contribution >= 0.6 is 0 Å². The van der Waals surface area contributed by atoms with E-state index in [-0.39, 0.29) is 11.9 Å². The van der Waals surface area contributed by atoms with E-state index in [4.69, 9.17) is 4.74 Å². The molecule has 3 unspecified atom stereocenters. The van der Waals surface area contributed by atoms with Crippen molar-refractivity contribution in [2.75, 3.05) is 7.11 Å². The Morgan fingerprint density at radius 2 is 2.09 bits per heavy atom. The van der Waals surface area contributed by atoms with Gasteiger partial charge in [0.1, 0.15) is 6.10 Å². The molecule has 2 heteroatoms. The van der Waals surface area contributed by atoms with Gasteiger partial charge in [0, 0.05) is 13.5 Å². The van der Waals surface area contributed by atoms with Crippen molar-refractivity contribution in [1.29, 1.82) is 0 Å². The Balaban J connectivity index is 2.63. The largest absolute Gasteiger partial charge is 0.373 e. The van der Waals surface area contributed by atoms with Crippen molar-refractivity contribution in [2.24, 2.45) is 11.8 Å². The molecule has 1 fully saturated rings. The molecule has 0 N–H and O–H groups in total. The number of hydrogen-bond donors (Lipinski definition) is 0. The summed E-state index contributed by atoms with van der Waals surface area (Å²) >= 11 is 0. The highest BCUT2D eigenvalue weighted by Crippen LogP contribution is 2.28. The number of carbonyl (C=O) groups excluding carboxylic acids is 1. The zero-order valence-electron chi connectivity index (χ0n) is 7.46. The summed E-state index contributed by atoms with van der Waals surface area (Å²) in [5.74, 6) is 1.29. The van der Waals surface area contributed by atoms with Gasteiger partial charge in [-0.15, -0.1) is 0 Å². The maximum atomic E-state index is 11.3. The van der Waals surface area contributed by atoms with Gasteiger partial charge in [0.2, 0.25) is 0 Å². The molecule has 1 saturated carbocycles. The lowest BCUT2D eigenvalue weighted by Gasteiger charge is -2.31. The van der Waals surface area contributed by atoms with Crippen LogP contribution < -0.4 is 0 Å². The minimum atomic E-state index is -0.140. The first-order valence-electron chi connectivity index (χ1n) is 4.22. The number of ether oxygens (including phenoxy) is 1. The average Bonchev–Trinajstić information content (AvgIpc) is 1.99. The second-order valence-electron chi connectivity index (χ2n) is 3.50. The van der Waals surface area contributed by atoms with Crippen LogP contribution in [0.3, 0.4) is 0 Å². The van der Waals surface area contributed by atoms with Crippen LogP contribution in [-0.4, -0.2) is 19.0 Å². The van der Waals surface area contributed by atoms with Crippen molar-refractivity contribution in [3.8, 4) is 0 Å². The molecule has 0 aromatic heterocycles. The molecule has 0 aliphatic heterocycles. The van der Waals surface area contributed by atoms with Gasteiger partial charge in [-0.3, -0.25) is 4.79 Å². The number of hydrogen-bond acceptors (Lipinski definition) is 2. The molecule has 0 aromatic carbocycles. The van der Waals surface area contributed by atoms with Crippen LogP contribution in [0.4, 0.5) is 0 Å². The van der Waals surface area contributed by atoms with Crippen molar-refractivity contribution >= 4 is 5.78 Å². The van der Waals surface area contributed by atoms with E-state index in [2.05, 4.69) is 13.8 Å². The van der Waals surface area contributed by atoms with Gasteiger partial charge in [0.15, 0.2) is 5.78 Å². The predicted octanol–water partition coefficient (Wildman–Crippen LogP) is 1.64. The molecular formula is C9H16O2. The maximum Gasteiger partial charge on any atom is 0.161 e. The number of ketones is 1. The summed E-state index contributed by atoms with van der Waals surface area (Å²) in [7, 11) is 1.62. The van der Waals surface area contributed by atoms with Crippen molar-refractivity contribution in [1.82, 2.24) is 0 Å². The van der Waals surface area contributed by atoms with Gasteiger partial charge in [-0.05, 0) is 18.3 Å². The summed E-state index contributed by atoms with van der Waals surface area (Å²) in [5.41, 5.74) is 0. The highest BCUT2D eigenvalue weighted by molar-refractivity contribution is 5.84. The van der Waals surface area contributed by atoms with Crippen molar-refractivity contribution < 1.29 is 9.53 Å². The standard InChI is InChI=1S/C9H16O2/c1-6-4-5-8(10)9(11-3)7(6)2/h6-7,9H,4-5H2,1-3H3. The molecular weight excluding hydrogens is 140 g/mol. The molecule has 0 spiro atoms. The number of carbonyl (C=O) groups is 1. The first kappa shape index (κ1) is 8.72. The Hall–Kier alpha value is -0.370. The van der Waals surface area contributed by atoms with Gasteiger partial charge in [0.05, 0.1) is 0 Å². The smallest absolute Gasteiger partial charge is 0.161 e. The molecule has 0 heterocycles. The maximum absolute atomic E-state index is 11.3. The lowest BCUT2D eigenvalue weighted by Crippen LogP contribution is -2.38. The molecule has 1 aliphatic rings. The normalized spacial score (nSPS) is 39.2. The summed E-state index contributed by atoms with van der Waals surface area (Å²) in [6.07, 6.45) is 1.59. The summed E-state index contributed by atoms with van der Waals surface area (Å²) in [5, 5.41) is 0. The molecule has 3 atom stereocenters. The molecule has 1 rings (SSSR count). The zero-order valence-corrected chi connectivity index (χ0v) is 7.46. The predicted molar refractivity (Wildman–Crippen MR) is 43.4 cm³/mol. The second kappa shape index (κ2) is 3.35. The fourth-order valence-corrected chi connectivity index (χ4v) is 1.71. The molecule has 2 nitrogen and oxygen atoms in total. The van der Waals surface area contributed by atoms with Crippen molar-refractivity contribution in [2.45, 2.75) is 32.8 Å². The lowest BCUT2D eigenvalue weighted by atomic mass is 9.79. The summed E-state index contributed by atoms with van der Waals surface area (Å²) in [6.45, 7) is 4.28. The molecule has 11 heavy (non-hydrogen) atoms. The van der Waals surface area contributed by atoms with Gasteiger partial charge < -0.3 is 4.74 Å². The second-order valence-corrected chi connectivity index (χ2v) is 3.50. The Kier molecular flexibility index (Phi) is 2.66. The van der Waals surface area contributed by atoms with E-state index in [9.17, 15) is 4.79 Å². The molecule has 0 amide bonds. The fraction of sp³-hybridized carbons (Fsp3) is 0.889. The van der Waals surface area contributed by atoms with Gasteiger partial charge >= 0.3 is 0 Å². The minimum absolute atomic E-state index is 0.140. The van der Waals surface area contributed by atoms with Gasteiger partial charge in [-0.25, -0.2) is 0 Å². The molecule has 64 valence electrons. The highest BCUT2D eigenvalue weighted by Gasteiger charge is 2.33. The van der Waals surface area contributed by atoms with Gasteiger partial charge in [0.25, 0.3) is 0 Å². The van der Waals surface area contributed by atoms with E-state index < -0.39 is 0 Å². The average molecular weight is 156 g/mol. The minimum Gasteiger partial charge on any atom is -0.373 e. The van der Waals surface area contributed by atoms with Crippen LogP contribution in [0.5, 0.6) is 0 Å². The van der Waals surface area contributed by atoms with Crippen LogP contribution in [-0.2, 0) is 9.53 Å². The van der Waals surface area contributed by atoms with Crippen molar-refractivity contribution in [3.63, 3.8) is 0 Å². The van der Waals surface area contributed by atoms with Crippen LogP contribution in [0.15, 0.2) is 0 Å². The van der Waals surface area contributed by atoms with Gasteiger partial charge in [-0.2, -0.15) is 0 Å². The molecule has 0 bridgehead atoms. The monoisotopic (exact) mass is 156 g/mol. The van der Waals surface area contributed by atoms with Crippen LogP contribution in [0.2, 0.25) is 0 Å². The van der Waals surface area contributed by atoms with Crippen LogP contribution in [0.1, 0.15) is 26.7 Å². The quantitative estimate of drug-likeness (QED) is 0.577. The van der Waals surface area contributed by atoms with Crippen LogP contribution in [0, 0.1) is 11.8 Å². The Bertz CT molecular complexity index is 154. The Labute approximate surface area is 67.9 Å². The summed E-state index contributed by atoms with van der Waals surface area (Å²) in [4.78, 5) is 11.3. The summed E-state index contributed by atoms with van der Waals surface area (Å²) in [6, 6.07) is 0. The zero-order chi connectivity index (χ0) is 8.43. The Morgan fingerprint density at radius 1 is 1.45 bits per heavy atom. The van der Waals surface area contributed by atoms with E-state index in [1.165, 1.54) is 0 Å².